The van der Waals surface area contributed by atoms with E-state index < -0.39 is 16.6 Å². The molecule has 2 aliphatic rings. The van der Waals surface area contributed by atoms with Crippen molar-refractivity contribution in [3.63, 3.8) is 0 Å². The largest absolute Gasteiger partial charge is 0.493 e. The van der Waals surface area contributed by atoms with E-state index in [4.69, 9.17) is 10.5 Å². The van der Waals surface area contributed by atoms with Crippen LogP contribution in [0.2, 0.25) is 0 Å². The van der Waals surface area contributed by atoms with E-state index >= 15 is 0 Å². The van der Waals surface area contributed by atoms with Crippen LogP contribution in [-0.2, 0) is 33.4 Å². The zero-order valence-corrected chi connectivity index (χ0v) is 27.3. The van der Waals surface area contributed by atoms with Crippen molar-refractivity contribution in [2.75, 3.05) is 36.6 Å². The van der Waals surface area contributed by atoms with Crippen LogP contribution in [0.3, 0.4) is 0 Å². The number of nitrogen functional groups attached to an aromatic ring is 1. The van der Waals surface area contributed by atoms with Crippen molar-refractivity contribution < 1.29 is 22.9 Å². The number of benzene rings is 3. The number of carbonyl (C=O) groups is 2. The first-order chi connectivity index (χ1) is 22.7. The second kappa shape index (κ2) is 14.5. The molecule has 47 heavy (non-hydrogen) atoms. The first-order valence-electron chi connectivity index (χ1n) is 16.1. The van der Waals surface area contributed by atoms with Gasteiger partial charge in [-0.3, -0.25) is 13.8 Å². The van der Waals surface area contributed by atoms with E-state index in [1.807, 2.05) is 30.3 Å². The summed E-state index contributed by atoms with van der Waals surface area (Å²) in [5, 5.41) is 6.97. The van der Waals surface area contributed by atoms with Crippen molar-refractivity contribution in [3.8, 4) is 5.75 Å². The number of nitrogens with two attached hydrogens (primary N) is 1. The number of nitrogens with zero attached hydrogens (tertiary/aromatic N) is 2. The van der Waals surface area contributed by atoms with Gasteiger partial charge in [-0.1, -0.05) is 24.6 Å². The molecule has 9 nitrogen and oxygen atoms in total. The molecule has 246 valence electrons. The van der Waals surface area contributed by atoms with Crippen LogP contribution in [0.1, 0.15) is 49.7 Å². The third-order valence-corrected chi connectivity index (χ3v) is 10.7. The van der Waals surface area contributed by atoms with E-state index in [1.165, 1.54) is 19.3 Å². The Bertz CT molecular complexity index is 1810. The summed E-state index contributed by atoms with van der Waals surface area (Å²) in [5.41, 5.74) is 8.73. The molecule has 11 heteroatoms. The minimum Gasteiger partial charge on any atom is -0.493 e. The molecule has 0 radical (unpaired) electrons. The highest BCUT2D eigenvalue weighted by Gasteiger charge is 2.31. The Morgan fingerprint density at radius 3 is 2.57 bits per heavy atom. The minimum atomic E-state index is -1.20. The molecular formula is C36H40FN5O4S. The van der Waals surface area contributed by atoms with Gasteiger partial charge in [0.1, 0.15) is 17.4 Å². The molecule has 1 unspecified atom stereocenters. The average Bonchev–Trinajstić information content (AvgIpc) is 3.90. The van der Waals surface area contributed by atoms with Gasteiger partial charge in [0.05, 0.1) is 30.1 Å². The number of amides is 2. The Morgan fingerprint density at radius 2 is 1.81 bits per heavy atom. The van der Waals surface area contributed by atoms with Crippen molar-refractivity contribution in [2.24, 2.45) is 5.92 Å². The summed E-state index contributed by atoms with van der Waals surface area (Å²) in [6.45, 7) is 0.885. The van der Waals surface area contributed by atoms with Crippen LogP contribution in [0, 0.1) is 11.7 Å². The number of anilines is 3. The van der Waals surface area contributed by atoms with Crippen LogP contribution in [0.15, 0.2) is 71.8 Å². The number of carbonyl (C=O) groups excluding carboxylic acids is 2. The number of hydrogen-bond donors (Lipinski definition) is 3. The van der Waals surface area contributed by atoms with E-state index in [-0.39, 0.29) is 42.4 Å². The second-order valence-electron chi connectivity index (χ2n) is 12.4. The Kier molecular flexibility index (Phi) is 10.0. The van der Waals surface area contributed by atoms with Crippen LogP contribution < -0.4 is 21.1 Å². The molecule has 1 heterocycles. The van der Waals surface area contributed by atoms with E-state index in [2.05, 4.69) is 15.6 Å². The molecule has 6 rings (SSSR count). The summed E-state index contributed by atoms with van der Waals surface area (Å²) in [6.07, 6.45) is 7.40. The molecule has 0 bridgehead atoms. The highest BCUT2D eigenvalue weighted by molar-refractivity contribution is 7.86. The van der Waals surface area contributed by atoms with Crippen molar-refractivity contribution in [1.82, 2.24) is 9.88 Å². The number of pyridine rings is 1. The van der Waals surface area contributed by atoms with Crippen molar-refractivity contribution in [3.05, 3.63) is 83.8 Å². The van der Waals surface area contributed by atoms with E-state index in [1.54, 1.807) is 42.3 Å². The molecule has 1 atom stereocenters. The predicted octanol–water partition coefficient (Wildman–Crippen LogP) is 6.05. The zero-order valence-electron chi connectivity index (χ0n) is 26.5. The first kappa shape index (κ1) is 32.4. The van der Waals surface area contributed by atoms with E-state index in [9.17, 15) is 18.2 Å². The highest BCUT2D eigenvalue weighted by atomic mass is 32.2. The van der Waals surface area contributed by atoms with Gasteiger partial charge < -0.3 is 26.0 Å². The van der Waals surface area contributed by atoms with Gasteiger partial charge in [-0.15, -0.1) is 0 Å². The molecular weight excluding hydrogens is 617 g/mol. The van der Waals surface area contributed by atoms with Crippen molar-refractivity contribution >= 4 is 50.6 Å². The molecule has 2 aliphatic carbocycles. The van der Waals surface area contributed by atoms with Crippen LogP contribution in [0.5, 0.6) is 5.75 Å². The fraction of sp³-hybridized carbons (Fsp3) is 0.361. The molecule has 2 fully saturated rings. The standard InChI is InChI=1S/C36H40FN5O4S/c1-42(35(44)20-39-26-10-14-29-30(18-26)31(37)19-40-36(29)38)21-25-17-27(11-15-33(25)47(45)28-12-13-28)41-34(43)16-9-24-7-2-3-8-32(24)46-22-23-5-4-6-23/h2-3,7-8,10-11,14-15,17-19,23,28,39H,4-6,9,12-13,16,20-22H2,1H3,(H2,38,40)(H,41,43). The number of likely N-dealkylation sites (N-methyl/N-ethyl adjacent to an activating group) is 1. The van der Waals surface area contributed by atoms with Crippen LogP contribution in [0.25, 0.3) is 10.8 Å². The number of aromatic nitrogens is 1. The molecule has 4 N–H and O–H groups in total. The van der Waals surface area contributed by atoms with Gasteiger partial charge in [-0.05, 0) is 91.6 Å². The number of fused-ring (bicyclic) bond motifs is 1. The Labute approximate surface area is 276 Å². The summed E-state index contributed by atoms with van der Waals surface area (Å²) in [4.78, 5) is 32.2. The summed E-state index contributed by atoms with van der Waals surface area (Å²) < 4.78 is 33.6. The number of para-hydroxylation sites is 1. The summed E-state index contributed by atoms with van der Waals surface area (Å²) >= 11 is 0. The SMILES string of the molecule is CN(Cc1cc(NC(=O)CCc2ccccc2OCC2CCC2)ccc1S(=O)C1CC1)C(=O)CNc1ccc2c(N)ncc(F)c2c1. The van der Waals surface area contributed by atoms with Gasteiger partial charge in [-0.2, -0.15) is 0 Å². The lowest BCUT2D eigenvalue weighted by molar-refractivity contribution is -0.128. The summed E-state index contributed by atoms with van der Waals surface area (Å²) in [7, 11) is 0.475. The molecule has 4 aromatic rings. The van der Waals surface area contributed by atoms with Gasteiger partial charge in [0, 0.05) is 52.3 Å². The number of aryl methyl sites for hydroxylation is 1. The maximum absolute atomic E-state index is 14.3. The topological polar surface area (TPSA) is 127 Å². The normalized spacial score (nSPS) is 15.1. The van der Waals surface area contributed by atoms with Crippen LogP contribution in [0.4, 0.5) is 21.6 Å². The Balaban J connectivity index is 1.08. The van der Waals surface area contributed by atoms with Crippen molar-refractivity contribution in [1.29, 1.82) is 0 Å². The first-order valence-corrected chi connectivity index (χ1v) is 17.3. The third-order valence-electron chi connectivity index (χ3n) is 8.83. The fourth-order valence-electron chi connectivity index (χ4n) is 5.63. The lowest BCUT2D eigenvalue weighted by Gasteiger charge is -2.25. The van der Waals surface area contributed by atoms with Gasteiger partial charge in [0.15, 0.2) is 0 Å². The molecule has 2 amide bonds. The summed E-state index contributed by atoms with van der Waals surface area (Å²) in [6, 6.07) is 18.2. The molecule has 0 spiro atoms. The fourth-order valence-corrected chi connectivity index (χ4v) is 7.13. The number of ether oxygens (including phenoxy) is 1. The maximum atomic E-state index is 14.3. The number of nitrogens with one attached hydrogen (secondary N) is 2. The highest BCUT2D eigenvalue weighted by Crippen LogP contribution is 2.33. The second-order valence-corrected chi connectivity index (χ2v) is 14.1. The molecule has 3 aromatic carbocycles. The number of halogens is 1. The monoisotopic (exact) mass is 657 g/mol. The minimum absolute atomic E-state index is 0.0342. The predicted molar refractivity (Wildman–Crippen MR) is 183 cm³/mol. The molecule has 1 aromatic heterocycles. The van der Waals surface area contributed by atoms with Gasteiger partial charge >= 0.3 is 0 Å². The summed E-state index contributed by atoms with van der Waals surface area (Å²) in [5.74, 6) is 0.836. The Morgan fingerprint density at radius 1 is 1.02 bits per heavy atom. The lowest BCUT2D eigenvalue weighted by Crippen LogP contribution is -2.32. The quantitative estimate of drug-likeness (QED) is 0.151. The lowest BCUT2D eigenvalue weighted by atomic mass is 9.86. The third kappa shape index (κ3) is 8.08. The Hall–Kier alpha value is -4.51. The van der Waals surface area contributed by atoms with Crippen molar-refractivity contribution in [2.45, 2.75) is 61.6 Å². The molecule has 0 aliphatic heterocycles. The van der Waals surface area contributed by atoms with E-state index in [0.717, 1.165) is 35.9 Å². The smallest absolute Gasteiger partial charge is 0.241 e. The van der Waals surface area contributed by atoms with E-state index in [0.29, 0.717) is 46.0 Å². The molecule has 0 saturated heterocycles. The molecule has 2 saturated carbocycles. The van der Waals surface area contributed by atoms with Gasteiger partial charge in [-0.25, -0.2) is 9.37 Å². The van der Waals surface area contributed by atoms with Crippen LogP contribution in [-0.4, -0.2) is 51.4 Å². The van der Waals surface area contributed by atoms with Gasteiger partial charge in [0.2, 0.25) is 11.8 Å². The van der Waals surface area contributed by atoms with Gasteiger partial charge in [0.25, 0.3) is 0 Å². The number of rotatable bonds is 14. The van der Waals surface area contributed by atoms with Crippen LogP contribution >= 0.6 is 0 Å². The maximum Gasteiger partial charge on any atom is 0.241 e. The zero-order chi connectivity index (χ0) is 32.9. The number of hydrogen-bond acceptors (Lipinski definition) is 7. The average molecular weight is 658 g/mol.